The first-order valence-electron chi connectivity index (χ1n) is 14.1. The molecule has 210 valence electrons. The quantitative estimate of drug-likeness (QED) is 0.181. The minimum atomic E-state index is -0.144. The minimum absolute atomic E-state index is 0.0996. The lowest BCUT2D eigenvalue weighted by atomic mass is 10.1. The third-order valence-corrected chi connectivity index (χ3v) is 8.49. The Hall–Kier alpha value is -3.74. The number of rotatable bonds is 11. The summed E-state index contributed by atoms with van der Waals surface area (Å²) in [6, 6.07) is 31.2. The standard InChI is InChI=1S/C34H34ClN3O2S/c1-2-3-20-37(28-13-5-4-6-14-28)21-10-19-36-33(39)26-17-18-32-30(23-26)38(24-25-11-9-12-27(35)22-25)34(40)29-15-7-8-16-31(29)41-32/h4-9,11-18,22-23H,2-3,10,19-21,24H2,1H3,(H,36,39). The molecule has 1 aliphatic heterocycles. The van der Waals surface area contributed by atoms with Crippen LogP contribution in [0, 0.1) is 0 Å². The second-order valence-electron chi connectivity index (χ2n) is 10.1. The minimum Gasteiger partial charge on any atom is -0.371 e. The molecule has 2 amide bonds. The van der Waals surface area contributed by atoms with Crippen LogP contribution in [0.2, 0.25) is 5.02 Å². The van der Waals surface area contributed by atoms with Gasteiger partial charge in [0.25, 0.3) is 11.8 Å². The number of para-hydroxylation sites is 1. The predicted octanol–water partition coefficient (Wildman–Crippen LogP) is 8.08. The van der Waals surface area contributed by atoms with Gasteiger partial charge in [-0.2, -0.15) is 0 Å². The van der Waals surface area contributed by atoms with Crippen LogP contribution < -0.4 is 15.1 Å². The van der Waals surface area contributed by atoms with E-state index in [1.807, 2.05) is 72.8 Å². The van der Waals surface area contributed by atoms with E-state index in [4.69, 9.17) is 11.6 Å². The largest absolute Gasteiger partial charge is 0.371 e. The first-order valence-corrected chi connectivity index (χ1v) is 15.3. The number of amides is 2. The maximum atomic E-state index is 13.8. The summed E-state index contributed by atoms with van der Waals surface area (Å²) in [4.78, 5) is 33.0. The van der Waals surface area contributed by atoms with Gasteiger partial charge in [0.2, 0.25) is 0 Å². The normalized spacial score (nSPS) is 12.3. The molecule has 0 saturated carbocycles. The molecule has 4 aromatic rings. The SMILES string of the molecule is CCCCN(CCCNC(=O)c1ccc2c(c1)N(Cc1cccc(Cl)c1)C(=O)c1ccccc1S2)c1ccccc1. The van der Waals surface area contributed by atoms with Crippen molar-refractivity contribution in [1.82, 2.24) is 5.32 Å². The molecule has 1 heterocycles. The number of carbonyl (C=O) groups is 2. The summed E-state index contributed by atoms with van der Waals surface area (Å²) in [6.07, 6.45) is 3.10. The summed E-state index contributed by atoms with van der Waals surface area (Å²) in [5, 5.41) is 3.71. The van der Waals surface area contributed by atoms with Crippen molar-refractivity contribution in [1.29, 1.82) is 0 Å². The van der Waals surface area contributed by atoms with E-state index >= 15 is 0 Å². The van der Waals surface area contributed by atoms with Crippen molar-refractivity contribution in [2.75, 3.05) is 29.4 Å². The summed E-state index contributed by atoms with van der Waals surface area (Å²) in [6.45, 7) is 4.97. The highest BCUT2D eigenvalue weighted by molar-refractivity contribution is 7.99. The van der Waals surface area contributed by atoms with Crippen LogP contribution >= 0.6 is 23.4 Å². The Balaban J connectivity index is 1.32. The van der Waals surface area contributed by atoms with E-state index in [-0.39, 0.29) is 11.8 Å². The molecule has 0 aliphatic carbocycles. The van der Waals surface area contributed by atoms with Crippen LogP contribution in [-0.4, -0.2) is 31.4 Å². The van der Waals surface area contributed by atoms with Gasteiger partial charge in [-0.1, -0.05) is 79.2 Å². The Labute approximate surface area is 251 Å². The number of carbonyl (C=O) groups excluding carboxylic acids is 2. The zero-order chi connectivity index (χ0) is 28.6. The molecule has 7 heteroatoms. The molecule has 0 saturated heterocycles. The third kappa shape index (κ3) is 7.13. The molecule has 4 aromatic carbocycles. The van der Waals surface area contributed by atoms with Gasteiger partial charge >= 0.3 is 0 Å². The summed E-state index contributed by atoms with van der Waals surface area (Å²) < 4.78 is 0. The number of unbranched alkanes of at least 4 members (excludes halogenated alkanes) is 1. The maximum Gasteiger partial charge on any atom is 0.259 e. The summed E-state index contributed by atoms with van der Waals surface area (Å²) in [5.74, 6) is -0.244. The zero-order valence-electron chi connectivity index (χ0n) is 23.2. The van der Waals surface area contributed by atoms with E-state index in [0.717, 1.165) is 53.4 Å². The predicted molar refractivity (Wildman–Crippen MR) is 169 cm³/mol. The number of benzene rings is 4. The highest BCUT2D eigenvalue weighted by atomic mass is 35.5. The highest BCUT2D eigenvalue weighted by Gasteiger charge is 2.28. The Morgan fingerprint density at radius 1 is 0.878 bits per heavy atom. The van der Waals surface area contributed by atoms with Gasteiger partial charge in [0.15, 0.2) is 0 Å². The molecule has 5 nitrogen and oxygen atoms in total. The molecule has 0 unspecified atom stereocenters. The van der Waals surface area contributed by atoms with E-state index in [9.17, 15) is 9.59 Å². The number of halogens is 1. The average molecular weight is 584 g/mol. The zero-order valence-corrected chi connectivity index (χ0v) is 24.8. The van der Waals surface area contributed by atoms with Gasteiger partial charge in [-0.25, -0.2) is 0 Å². The fourth-order valence-corrected chi connectivity index (χ4v) is 6.24. The number of nitrogens with one attached hydrogen (secondary N) is 1. The fraction of sp³-hybridized carbons (Fsp3) is 0.235. The van der Waals surface area contributed by atoms with Crippen LogP contribution in [0.25, 0.3) is 0 Å². The number of anilines is 2. The van der Waals surface area contributed by atoms with E-state index < -0.39 is 0 Å². The Morgan fingerprint density at radius 2 is 1.66 bits per heavy atom. The second-order valence-corrected chi connectivity index (χ2v) is 11.6. The van der Waals surface area contributed by atoms with Gasteiger partial charge in [0.1, 0.15) is 0 Å². The van der Waals surface area contributed by atoms with Crippen molar-refractivity contribution in [2.24, 2.45) is 0 Å². The van der Waals surface area contributed by atoms with Crippen LogP contribution in [0.15, 0.2) is 107 Å². The maximum absolute atomic E-state index is 13.8. The second kappa shape index (κ2) is 13.7. The average Bonchev–Trinajstić information content (AvgIpc) is 3.11. The van der Waals surface area contributed by atoms with E-state index in [0.29, 0.717) is 29.2 Å². The van der Waals surface area contributed by atoms with Crippen LogP contribution in [0.3, 0.4) is 0 Å². The number of hydrogen-bond acceptors (Lipinski definition) is 4. The topological polar surface area (TPSA) is 52.7 Å². The lowest BCUT2D eigenvalue weighted by Gasteiger charge is -2.25. The van der Waals surface area contributed by atoms with Gasteiger partial charge in [0.05, 0.1) is 17.8 Å². The van der Waals surface area contributed by atoms with Crippen LogP contribution in [-0.2, 0) is 6.54 Å². The van der Waals surface area contributed by atoms with Crippen molar-refractivity contribution >= 4 is 46.6 Å². The Morgan fingerprint density at radius 3 is 2.46 bits per heavy atom. The van der Waals surface area contributed by atoms with Gasteiger partial charge in [-0.15, -0.1) is 0 Å². The number of hydrogen-bond donors (Lipinski definition) is 1. The Kier molecular flexibility index (Phi) is 9.65. The van der Waals surface area contributed by atoms with E-state index in [1.165, 1.54) is 5.69 Å². The van der Waals surface area contributed by atoms with E-state index in [1.54, 1.807) is 16.7 Å². The smallest absolute Gasteiger partial charge is 0.259 e. The van der Waals surface area contributed by atoms with Crippen LogP contribution in [0.5, 0.6) is 0 Å². The van der Waals surface area contributed by atoms with Crippen molar-refractivity contribution in [2.45, 2.75) is 42.5 Å². The lowest BCUT2D eigenvalue weighted by Crippen LogP contribution is -2.32. The first kappa shape index (κ1) is 28.8. The van der Waals surface area contributed by atoms with Gasteiger partial charge < -0.3 is 15.1 Å². The van der Waals surface area contributed by atoms with Gasteiger partial charge in [-0.3, -0.25) is 9.59 Å². The number of fused-ring (bicyclic) bond motifs is 2. The lowest BCUT2D eigenvalue weighted by molar-refractivity contribution is 0.0949. The molecule has 1 aliphatic rings. The third-order valence-electron chi connectivity index (χ3n) is 7.12. The molecule has 0 radical (unpaired) electrons. The van der Waals surface area contributed by atoms with Gasteiger partial charge in [-0.05, 0) is 73.0 Å². The molecule has 5 rings (SSSR count). The summed E-state index contributed by atoms with van der Waals surface area (Å²) in [7, 11) is 0. The van der Waals surface area contributed by atoms with Crippen molar-refractivity contribution < 1.29 is 9.59 Å². The van der Waals surface area contributed by atoms with Crippen LogP contribution in [0.4, 0.5) is 11.4 Å². The molecular weight excluding hydrogens is 550 g/mol. The first-order chi connectivity index (χ1) is 20.0. The summed E-state index contributed by atoms with van der Waals surface area (Å²) >= 11 is 7.80. The summed E-state index contributed by atoms with van der Waals surface area (Å²) in [5.41, 5.74) is 4.03. The Bertz CT molecular complexity index is 1510. The molecule has 1 N–H and O–H groups in total. The van der Waals surface area contributed by atoms with Crippen molar-refractivity contribution in [3.63, 3.8) is 0 Å². The highest BCUT2D eigenvalue weighted by Crippen LogP contribution is 2.42. The molecule has 0 aromatic heterocycles. The van der Waals surface area contributed by atoms with Crippen molar-refractivity contribution in [3.8, 4) is 0 Å². The number of nitrogens with zero attached hydrogens (tertiary/aromatic N) is 2. The molecule has 0 bridgehead atoms. The molecule has 41 heavy (non-hydrogen) atoms. The molecule has 0 atom stereocenters. The monoisotopic (exact) mass is 583 g/mol. The molecule has 0 spiro atoms. The molecule has 0 fully saturated rings. The van der Waals surface area contributed by atoms with E-state index in [2.05, 4.69) is 41.4 Å². The van der Waals surface area contributed by atoms with Crippen molar-refractivity contribution in [3.05, 3.63) is 119 Å². The molecular formula is C34H34ClN3O2S. The van der Waals surface area contributed by atoms with Gasteiger partial charge in [0, 0.05) is 45.7 Å². The van der Waals surface area contributed by atoms with Crippen LogP contribution in [0.1, 0.15) is 52.5 Å². The fourth-order valence-electron chi connectivity index (χ4n) is 4.97.